The molecule has 1 N–H and O–H groups in total. The zero-order chi connectivity index (χ0) is 27.5. The number of Topliss-reactive ketones (excluding diaryl/α,β-unsaturated/α-hetero) is 1. The van der Waals surface area contributed by atoms with Crippen molar-refractivity contribution in [1.82, 2.24) is 14.3 Å². The van der Waals surface area contributed by atoms with Crippen LogP contribution in [0.4, 0.5) is 0 Å². The lowest BCUT2D eigenvalue weighted by Crippen LogP contribution is -2.29. The van der Waals surface area contributed by atoms with E-state index in [9.17, 15) is 14.7 Å². The van der Waals surface area contributed by atoms with Crippen LogP contribution in [-0.2, 0) is 16.1 Å². The summed E-state index contributed by atoms with van der Waals surface area (Å²) in [7, 11) is 1.54. The van der Waals surface area contributed by atoms with Gasteiger partial charge in [0.1, 0.15) is 17.1 Å². The Morgan fingerprint density at radius 1 is 1.10 bits per heavy atom. The van der Waals surface area contributed by atoms with Crippen molar-refractivity contribution in [3.05, 3.63) is 89.3 Å². The number of fused-ring (bicyclic) bond motifs is 1. The number of ether oxygens (including phenoxy) is 2. The molecule has 0 radical (unpaired) electrons. The molecule has 1 fully saturated rings. The van der Waals surface area contributed by atoms with Crippen molar-refractivity contribution in [1.29, 1.82) is 0 Å². The third-order valence-corrected chi connectivity index (χ3v) is 6.88. The maximum atomic E-state index is 13.5. The number of imidazole rings is 1. The van der Waals surface area contributed by atoms with Crippen molar-refractivity contribution in [2.75, 3.05) is 13.7 Å². The van der Waals surface area contributed by atoms with Crippen LogP contribution >= 0.6 is 0 Å². The van der Waals surface area contributed by atoms with Crippen molar-refractivity contribution >= 4 is 23.1 Å². The highest BCUT2D eigenvalue weighted by atomic mass is 16.5. The molecule has 9 nitrogen and oxygen atoms in total. The molecule has 1 saturated heterocycles. The second-order valence-electron chi connectivity index (χ2n) is 9.45. The quantitative estimate of drug-likeness (QED) is 0.126. The van der Waals surface area contributed by atoms with Gasteiger partial charge < -0.3 is 23.9 Å². The highest BCUT2D eigenvalue weighted by molar-refractivity contribution is 6.46. The number of aliphatic hydroxyl groups excluding tert-OH is 1. The number of aryl methyl sites for hydroxylation is 1. The van der Waals surface area contributed by atoms with Crippen molar-refractivity contribution in [2.24, 2.45) is 0 Å². The molecule has 3 aromatic heterocycles. The van der Waals surface area contributed by atoms with Crippen molar-refractivity contribution in [2.45, 2.75) is 45.7 Å². The van der Waals surface area contributed by atoms with Crippen LogP contribution < -0.4 is 9.47 Å². The molecular formula is C30H31N3O6. The fraction of sp³-hybridized carbons (Fsp3) is 0.300. The molecule has 202 valence electrons. The van der Waals surface area contributed by atoms with Gasteiger partial charge >= 0.3 is 0 Å². The van der Waals surface area contributed by atoms with Crippen LogP contribution in [0.15, 0.2) is 71.0 Å². The van der Waals surface area contributed by atoms with E-state index in [4.69, 9.17) is 13.9 Å². The van der Waals surface area contributed by atoms with Gasteiger partial charge in [-0.15, -0.1) is 0 Å². The average Bonchev–Trinajstić information content (AvgIpc) is 3.64. The molecule has 1 aromatic carbocycles. The van der Waals surface area contributed by atoms with Gasteiger partial charge in [0, 0.05) is 6.20 Å². The molecule has 1 aliphatic heterocycles. The summed E-state index contributed by atoms with van der Waals surface area (Å²) in [5.41, 5.74) is 2.06. The van der Waals surface area contributed by atoms with E-state index in [1.54, 1.807) is 61.0 Å². The summed E-state index contributed by atoms with van der Waals surface area (Å²) in [5.74, 6) is -0.265. The van der Waals surface area contributed by atoms with E-state index in [2.05, 4.69) is 11.9 Å². The molecule has 0 bridgehead atoms. The number of benzene rings is 1. The van der Waals surface area contributed by atoms with E-state index in [0.29, 0.717) is 46.5 Å². The summed E-state index contributed by atoms with van der Waals surface area (Å²) in [6, 6.07) is 13.3. The Labute approximate surface area is 226 Å². The molecule has 1 atom stereocenters. The minimum absolute atomic E-state index is 0.0287. The smallest absolute Gasteiger partial charge is 0.296 e. The number of rotatable bonds is 10. The third-order valence-electron chi connectivity index (χ3n) is 6.88. The number of methoxy groups -OCH3 is 1. The van der Waals surface area contributed by atoms with Crippen LogP contribution in [0.1, 0.15) is 54.9 Å². The molecule has 0 aliphatic carbocycles. The number of aliphatic hydroxyl groups is 1. The number of carbonyl (C=O) groups excluding carboxylic acids is 2. The van der Waals surface area contributed by atoms with Crippen molar-refractivity contribution in [3.8, 4) is 11.5 Å². The van der Waals surface area contributed by atoms with Crippen molar-refractivity contribution < 1.29 is 28.6 Å². The third kappa shape index (κ3) is 4.87. The van der Waals surface area contributed by atoms with Crippen LogP contribution in [0.5, 0.6) is 11.5 Å². The highest BCUT2D eigenvalue weighted by Gasteiger charge is 2.47. The molecular weight excluding hydrogens is 498 g/mol. The van der Waals surface area contributed by atoms with Gasteiger partial charge in [-0.2, -0.15) is 0 Å². The Kier molecular flexibility index (Phi) is 7.40. The zero-order valence-corrected chi connectivity index (χ0v) is 22.2. The Hall–Kier alpha value is -4.53. The normalized spacial score (nSPS) is 16.8. The number of hydrogen-bond donors (Lipinski definition) is 1. The van der Waals surface area contributed by atoms with E-state index in [1.807, 2.05) is 12.1 Å². The number of carbonyl (C=O) groups is 2. The molecule has 0 spiro atoms. The Morgan fingerprint density at radius 2 is 1.95 bits per heavy atom. The van der Waals surface area contributed by atoms with Gasteiger partial charge in [0.2, 0.25) is 0 Å². The monoisotopic (exact) mass is 529 g/mol. The van der Waals surface area contributed by atoms with Gasteiger partial charge in [0.25, 0.3) is 11.7 Å². The molecule has 5 rings (SSSR count). The van der Waals surface area contributed by atoms with Gasteiger partial charge in [0.05, 0.1) is 43.8 Å². The summed E-state index contributed by atoms with van der Waals surface area (Å²) in [4.78, 5) is 32.8. The number of unbranched alkanes of at least 4 members (excludes halogenated alkanes) is 2. The molecule has 39 heavy (non-hydrogen) atoms. The van der Waals surface area contributed by atoms with Gasteiger partial charge in [-0.3, -0.25) is 14.0 Å². The minimum atomic E-state index is -0.896. The zero-order valence-electron chi connectivity index (χ0n) is 22.2. The Balaban J connectivity index is 1.63. The average molecular weight is 530 g/mol. The van der Waals surface area contributed by atoms with Gasteiger partial charge in [-0.25, -0.2) is 4.98 Å². The first-order valence-corrected chi connectivity index (χ1v) is 13.0. The maximum absolute atomic E-state index is 13.5. The van der Waals surface area contributed by atoms with E-state index in [0.717, 1.165) is 19.3 Å². The topological polar surface area (TPSA) is 107 Å². The van der Waals surface area contributed by atoms with E-state index in [-0.39, 0.29) is 17.9 Å². The Morgan fingerprint density at radius 3 is 2.69 bits per heavy atom. The number of furan rings is 1. The van der Waals surface area contributed by atoms with Gasteiger partial charge in [-0.05, 0) is 55.3 Å². The summed E-state index contributed by atoms with van der Waals surface area (Å²) < 4.78 is 18.8. The van der Waals surface area contributed by atoms with Crippen LogP contribution in [0, 0.1) is 6.92 Å². The second kappa shape index (κ2) is 11.1. The number of amides is 1. The van der Waals surface area contributed by atoms with Crippen molar-refractivity contribution in [3.63, 3.8) is 0 Å². The summed E-state index contributed by atoms with van der Waals surface area (Å²) in [6.07, 6.45) is 6.33. The van der Waals surface area contributed by atoms with E-state index < -0.39 is 17.7 Å². The van der Waals surface area contributed by atoms with Gasteiger partial charge in [-0.1, -0.05) is 31.9 Å². The number of ketones is 1. The van der Waals surface area contributed by atoms with Crippen LogP contribution in [0.3, 0.4) is 0 Å². The minimum Gasteiger partial charge on any atom is -0.505 e. The van der Waals surface area contributed by atoms with Gasteiger partial charge in [0.15, 0.2) is 17.3 Å². The first-order valence-electron chi connectivity index (χ1n) is 13.0. The molecule has 9 heteroatoms. The fourth-order valence-electron chi connectivity index (χ4n) is 4.99. The predicted octanol–water partition coefficient (Wildman–Crippen LogP) is 5.44. The molecule has 0 saturated carbocycles. The number of hydrogen-bond acceptors (Lipinski definition) is 7. The molecule has 1 amide bonds. The molecule has 4 heterocycles. The second-order valence-corrected chi connectivity index (χ2v) is 9.45. The lowest BCUT2D eigenvalue weighted by molar-refractivity contribution is -0.140. The van der Waals surface area contributed by atoms with Crippen LogP contribution in [-0.4, -0.2) is 44.8 Å². The maximum Gasteiger partial charge on any atom is 0.296 e. The first kappa shape index (κ1) is 26.1. The lowest BCUT2D eigenvalue weighted by atomic mass is 9.95. The standard InChI is InChI=1S/C30H31N3O6/c1-4-5-8-15-39-22-13-12-20(17-23(22)37-3)27-25(29(35)30(36)33(27)18-21-10-9-16-38-21)28(34)26-19(2)31-24-11-6-7-14-32(24)26/h6-7,9-14,16-17,27,34H,4-5,8,15,18H2,1-3H3/b28-25+. The number of likely N-dealkylation sites (tertiary alicyclic amines) is 1. The van der Waals surface area contributed by atoms with E-state index in [1.165, 1.54) is 11.2 Å². The summed E-state index contributed by atoms with van der Waals surface area (Å²) in [5, 5.41) is 11.6. The number of aromatic nitrogens is 2. The van der Waals surface area contributed by atoms with E-state index >= 15 is 0 Å². The highest BCUT2D eigenvalue weighted by Crippen LogP contribution is 2.43. The first-order chi connectivity index (χ1) is 18.9. The lowest BCUT2D eigenvalue weighted by Gasteiger charge is -2.25. The predicted molar refractivity (Wildman–Crippen MR) is 144 cm³/mol. The largest absolute Gasteiger partial charge is 0.505 e. The number of pyridine rings is 1. The molecule has 1 aliphatic rings. The van der Waals surface area contributed by atoms with Crippen LogP contribution in [0.25, 0.3) is 11.4 Å². The van der Waals surface area contributed by atoms with Crippen LogP contribution in [0.2, 0.25) is 0 Å². The summed E-state index contributed by atoms with van der Waals surface area (Å²) in [6.45, 7) is 4.48. The Bertz CT molecular complexity index is 1540. The molecule has 4 aromatic rings. The summed E-state index contributed by atoms with van der Waals surface area (Å²) >= 11 is 0. The SMILES string of the molecule is CCCCCOc1ccc(C2/C(=C(\O)c3c(C)nc4ccccn34)C(=O)C(=O)N2Cc2ccco2)cc1OC. The molecule has 1 unspecified atom stereocenters. The number of nitrogens with zero attached hydrogens (tertiary/aromatic N) is 3. The fourth-order valence-corrected chi connectivity index (χ4v) is 4.99.